The Morgan fingerprint density at radius 1 is 1.22 bits per heavy atom. The number of halogens is 1. The van der Waals surface area contributed by atoms with Crippen molar-refractivity contribution in [2.45, 2.75) is 38.5 Å². The van der Waals surface area contributed by atoms with Gasteiger partial charge in [0.25, 0.3) is 0 Å². The average molecular weight is 266 g/mol. The first-order valence-corrected chi connectivity index (χ1v) is 7.55. The average Bonchev–Trinajstić information content (AvgIpc) is 2.47. The molecule has 0 amide bonds. The highest BCUT2D eigenvalue weighted by Crippen LogP contribution is 2.30. The maximum Gasteiger partial charge on any atom is 0.135 e. The summed E-state index contributed by atoms with van der Waals surface area (Å²) >= 11 is 6.02. The third-order valence-corrected chi connectivity index (χ3v) is 4.58. The van der Waals surface area contributed by atoms with Crippen molar-refractivity contribution in [3.63, 3.8) is 0 Å². The van der Waals surface area contributed by atoms with Crippen molar-refractivity contribution in [1.82, 2.24) is 9.97 Å². The van der Waals surface area contributed by atoms with Gasteiger partial charge in [-0.3, -0.25) is 0 Å². The molecule has 2 heterocycles. The number of fused-ring (bicyclic) bond motifs is 1. The van der Waals surface area contributed by atoms with Gasteiger partial charge in [-0.1, -0.05) is 0 Å². The van der Waals surface area contributed by atoms with E-state index < -0.39 is 0 Å². The Balaban J connectivity index is 1.87. The van der Waals surface area contributed by atoms with Crippen LogP contribution in [0.2, 0.25) is 0 Å². The van der Waals surface area contributed by atoms with Gasteiger partial charge in [0.15, 0.2) is 0 Å². The molecule has 0 saturated carbocycles. The molecule has 1 unspecified atom stereocenters. The Labute approximate surface area is 114 Å². The predicted molar refractivity (Wildman–Crippen MR) is 74.3 cm³/mol. The van der Waals surface area contributed by atoms with Gasteiger partial charge in [0.05, 0.1) is 0 Å². The standard InChI is InChI=1S/C14H20ClN3/c15-8-11-4-3-7-18(9-11)14-12-5-1-2-6-13(12)16-10-17-14/h10-11H,1-9H2. The van der Waals surface area contributed by atoms with Crippen LogP contribution in [0.3, 0.4) is 0 Å². The Morgan fingerprint density at radius 2 is 2.11 bits per heavy atom. The second-order valence-electron chi connectivity index (χ2n) is 5.44. The van der Waals surface area contributed by atoms with Crippen LogP contribution < -0.4 is 4.90 Å². The van der Waals surface area contributed by atoms with Crippen LogP contribution in [0.5, 0.6) is 0 Å². The van der Waals surface area contributed by atoms with E-state index >= 15 is 0 Å². The fourth-order valence-corrected chi connectivity index (χ4v) is 3.41. The zero-order chi connectivity index (χ0) is 12.4. The first kappa shape index (κ1) is 12.2. The van der Waals surface area contributed by atoms with Gasteiger partial charge in [-0.25, -0.2) is 9.97 Å². The summed E-state index contributed by atoms with van der Waals surface area (Å²) in [6, 6.07) is 0. The molecule has 18 heavy (non-hydrogen) atoms. The van der Waals surface area contributed by atoms with Crippen LogP contribution in [0.15, 0.2) is 6.33 Å². The minimum atomic E-state index is 0.620. The maximum atomic E-state index is 6.02. The third kappa shape index (κ3) is 2.33. The molecule has 1 aromatic rings. The van der Waals surface area contributed by atoms with Crippen molar-refractivity contribution < 1.29 is 0 Å². The molecule has 3 nitrogen and oxygen atoms in total. The second kappa shape index (κ2) is 5.43. The summed E-state index contributed by atoms with van der Waals surface area (Å²) in [5.41, 5.74) is 2.68. The lowest BCUT2D eigenvalue weighted by molar-refractivity contribution is 0.447. The third-order valence-electron chi connectivity index (χ3n) is 4.14. The molecule has 0 bridgehead atoms. The number of hydrogen-bond donors (Lipinski definition) is 0. The molecule has 1 aliphatic carbocycles. The molecule has 98 valence electrons. The Morgan fingerprint density at radius 3 is 3.00 bits per heavy atom. The molecule has 0 N–H and O–H groups in total. The normalized spacial score (nSPS) is 23.8. The van der Waals surface area contributed by atoms with E-state index in [1.165, 1.54) is 42.8 Å². The summed E-state index contributed by atoms with van der Waals surface area (Å²) in [6.07, 6.45) is 9.05. The molecule has 1 fully saturated rings. The molecular weight excluding hydrogens is 246 g/mol. The van der Waals surface area contributed by atoms with Gasteiger partial charge < -0.3 is 4.90 Å². The van der Waals surface area contributed by atoms with E-state index in [-0.39, 0.29) is 0 Å². The lowest BCUT2D eigenvalue weighted by Crippen LogP contribution is -2.37. The van der Waals surface area contributed by atoms with Crippen LogP contribution in [0.1, 0.15) is 36.9 Å². The van der Waals surface area contributed by atoms with E-state index in [1.807, 2.05) is 0 Å². The van der Waals surface area contributed by atoms with Gasteiger partial charge in [-0.15, -0.1) is 11.6 Å². The Hall–Kier alpha value is -0.830. The summed E-state index contributed by atoms with van der Waals surface area (Å²) in [6.45, 7) is 2.18. The second-order valence-corrected chi connectivity index (χ2v) is 5.75. The zero-order valence-electron chi connectivity index (χ0n) is 10.7. The van der Waals surface area contributed by atoms with Crippen LogP contribution in [-0.2, 0) is 12.8 Å². The van der Waals surface area contributed by atoms with Crippen molar-refractivity contribution in [1.29, 1.82) is 0 Å². The molecule has 1 aromatic heterocycles. The molecule has 1 atom stereocenters. The van der Waals surface area contributed by atoms with Crippen LogP contribution in [0.4, 0.5) is 5.82 Å². The highest BCUT2D eigenvalue weighted by molar-refractivity contribution is 6.18. The largest absolute Gasteiger partial charge is 0.356 e. The van der Waals surface area contributed by atoms with Crippen molar-refractivity contribution in [3.05, 3.63) is 17.6 Å². The topological polar surface area (TPSA) is 29.0 Å². The van der Waals surface area contributed by atoms with Crippen LogP contribution >= 0.6 is 11.6 Å². The van der Waals surface area contributed by atoms with E-state index in [4.69, 9.17) is 11.6 Å². The van der Waals surface area contributed by atoms with Crippen LogP contribution in [0, 0.1) is 5.92 Å². The molecule has 0 aromatic carbocycles. The van der Waals surface area contributed by atoms with E-state index in [0.29, 0.717) is 5.92 Å². The summed E-state index contributed by atoms with van der Waals surface area (Å²) in [5.74, 6) is 2.58. The van der Waals surface area contributed by atoms with Crippen LogP contribution in [-0.4, -0.2) is 28.9 Å². The van der Waals surface area contributed by atoms with E-state index in [2.05, 4.69) is 14.9 Å². The molecule has 2 aliphatic rings. The van der Waals surface area contributed by atoms with Crippen molar-refractivity contribution in [2.75, 3.05) is 23.9 Å². The van der Waals surface area contributed by atoms with Crippen LogP contribution in [0.25, 0.3) is 0 Å². The lowest BCUT2D eigenvalue weighted by Gasteiger charge is -2.34. The van der Waals surface area contributed by atoms with Gasteiger partial charge in [-0.2, -0.15) is 0 Å². The molecule has 4 heteroatoms. The Kier molecular flexibility index (Phi) is 3.69. The summed E-state index contributed by atoms with van der Waals surface area (Å²) in [5, 5.41) is 0. The van der Waals surface area contributed by atoms with Gasteiger partial charge in [0.1, 0.15) is 12.1 Å². The number of aryl methyl sites for hydroxylation is 1. The number of nitrogens with zero attached hydrogens (tertiary/aromatic N) is 3. The fraction of sp³-hybridized carbons (Fsp3) is 0.714. The molecule has 0 spiro atoms. The predicted octanol–water partition coefficient (Wildman–Crippen LogP) is 2.81. The van der Waals surface area contributed by atoms with Crippen molar-refractivity contribution in [2.24, 2.45) is 5.92 Å². The minimum absolute atomic E-state index is 0.620. The molecule has 3 rings (SSSR count). The van der Waals surface area contributed by atoms with E-state index in [0.717, 1.165) is 31.8 Å². The molecule has 0 radical (unpaired) electrons. The first-order chi connectivity index (χ1) is 8.88. The van der Waals surface area contributed by atoms with Crippen molar-refractivity contribution >= 4 is 17.4 Å². The summed E-state index contributed by atoms with van der Waals surface area (Å²) < 4.78 is 0. The van der Waals surface area contributed by atoms with Gasteiger partial charge in [-0.05, 0) is 44.4 Å². The van der Waals surface area contributed by atoms with Gasteiger partial charge in [0.2, 0.25) is 0 Å². The monoisotopic (exact) mass is 265 g/mol. The number of alkyl halides is 1. The number of rotatable bonds is 2. The van der Waals surface area contributed by atoms with E-state index in [1.54, 1.807) is 6.33 Å². The Bertz CT molecular complexity index is 422. The molecular formula is C14H20ClN3. The smallest absolute Gasteiger partial charge is 0.135 e. The number of aromatic nitrogens is 2. The minimum Gasteiger partial charge on any atom is -0.356 e. The first-order valence-electron chi connectivity index (χ1n) is 7.02. The quantitative estimate of drug-likeness (QED) is 0.770. The lowest BCUT2D eigenvalue weighted by atomic mass is 9.94. The van der Waals surface area contributed by atoms with Gasteiger partial charge >= 0.3 is 0 Å². The highest BCUT2D eigenvalue weighted by atomic mass is 35.5. The zero-order valence-corrected chi connectivity index (χ0v) is 11.5. The number of anilines is 1. The number of hydrogen-bond acceptors (Lipinski definition) is 3. The summed E-state index contributed by atoms with van der Waals surface area (Å²) in [7, 11) is 0. The SMILES string of the molecule is ClCC1CCCN(c2ncnc3c2CCCC3)C1. The van der Waals surface area contributed by atoms with E-state index in [9.17, 15) is 0 Å². The van der Waals surface area contributed by atoms with Crippen molar-refractivity contribution in [3.8, 4) is 0 Å². The molecule has 1 aliphatic heterocycles. The fourth-order valence-electron chi connectivity index (χ4n) is 3.16. The van der Waals surface area contributed by atoms with Gasteiger partial charge in [0, 0.05) is 30.2 Å². The molecule has 1 saturated heterocycles. The summed E-state index contributed by atoms with van der Waals surface area (Å²) in [4.78, 5) is 11.4. The maximum absolute atomic E-state index is 6.02. The highest BCUT2D eigenvalue weighted by Gasteiger charge is 2.24. The number of piperidine rings is 1.